The molecule has 22 heavy (non-hydrogen) atoms. The summed E-state index contributed by atoms with van der Waals surface area (Å²) in [6.07, 6.45) is 9.35. The molecule has 1 aromatic heterocycles. The minimum Gasteiger partial charge on any atom is -0.465 e. The second-order valence-electron chi connectivity index (χ2n) is 7.82. The van der Waals surface area contributed by atoms with Crippen molar-refractivity contribution in [1.82, 2.24) is 4.98 Å². The lowest BCUT2D eigenvalue weighted by molar-refractivity contribution is -0.140. The molecule has 0 atom stereocenters. The summed E-state index contributed by atoms with van der Waals surface area (Å²) >= 11 is 1.90. The highest BCUT2D eigenvalue weighted by molar-refractivity contribution is 7.11. The van der Waals surface area contributed by atoms with Crippen molar-refractivity contribution in [3.05, 3.63) is 15.6 Å². The average molecular weight is 319 g/mol. The van der Waals surface area contributed by atoms with Crippen molar-refractivity contribution in [2.75, 3.05) is 6.61 Å². The van der Waals surface area contributed by atoms with Gasteiger partial charge in [-0.25, -0.2) is 4.98 Å². The summed E-state index contributed by atoms with van der Waals surface area (Å²) in [4.78, 5) is 17.2. The van der Waals surface area contributed by atoms with Crippen LogP contribution >= 0.6 is 11.3 Å². The Hall–Kier alpha value is -0.900. The summed E-state index contributed by atoms with van der Waals surface area (Å²) in [5.74, 6) is 2.68. The summed E-state index contributed by atoms with van der Waals surface area (Å²) in [6, 6.07) is 0. The quantitative estimate of drug-likeness (QED) is 0.787. The molecule has 0 unspecified atom stereocenters. The highest BCUT2D eigenvalue weighted by Gasteiger charge is 2.53. The third kappa shape index (κ3) is 2.49. The Bertz CT molecular complexity index is 557. The van der Waals surface area contributed by atoms with Gasteiger partial charge >= 0.3 is 5.97 Å². The van der Waals surface area contributed by atoms with Crippen LogP contribution in [0, 0.1) is 24.7 Å². The smallest absolute Gasteiger partial charge is 0.302 e. The molecule has 4 saturated carbocycles. The lowest BCUT2D eigenvalue weighted by Crippen LogP contribution is -2.48. The van der Waals surface area contributed by atoms with Gasteiger partial charge in [-0.2, -0.15) is 0 Å². The number of carbonyl (C=O) groups excluding carboxylic acids is 1. The van der Waals surface area contributed by atoms with Crippen LogP contribution in [0.2, 0.25) is 0 Å². The van der Waals surface area contributed by atoms with E-state index in [4.69, 9.17) is 9.72 Å². The molecule has 5 rings (SSSR count). The molecular formula is C18H25NO2S. The Balaban J connectivity index is 1.54. The first-order chi connectivity index (χ1) is 10.5. The molecule has 0 radical (unpaired) electrons. The Morgan fingerprint density at radius 2 is 1.82 bits per heavy atom. The molecule has 1 aromatic rings. The number of carbonyl (C=O) groups is 1. The normalized spacial score (nSPS) is 35.8. The summed E-state index contributed by atoms with van der Waals surface area (Å²) in [5.41, 5.74) is 1.55. The van der Waals surface area contributed by atoms with Gasteiger partial charge in [-0.15, -0.1) is 11.3 Å². The fourth-order valence-corrected chi connectivity index (χ4v) is 6.81. The molecule has 1 heterocycles. The molecule has 120 valence electrons. The molecular weight excluding hydrogens is 294 g/mol. The third-order valence-corrected chi connectivity index (χ3v) is 7.48. The van der Waals surface area contributed by atoms with Gasteiger partial charge in [-0.3, -0.25) is 4.79 Å². The van der Waals surface area contributed by atoms with Crippen molar-refractivity contribution < 1.29 is 9.53 Å². The molecule has 0 aliphatic heterocycles. The molecule has 0 amide bonds. The lowest BCUT2D eigenvalue weighted by atomic mass is 9.50. The zero-order chi connectivity index (χ0) is 15.3. The van der Waals surface area contributed by atoms with Crippen molar-refractivity contribution >= 4 is 17.3 Å². The van der Waals surface area contributed by atoms with Gasteiger partial charge in [-0.1, -0.05) is 0 Å². The number of ether oxygens (including phenoxy) is 1. The van der Waals surface area contributed by atoms with Crippen LogP contribution in [0.25, 0.3) is 0 Å². The van der Waals surface area contributed by atoms with Crippen molar-refractivity contribution in [1.29, 1.82) is 0 Å². The molecule has 4 aliphatic carbocycles. The van der Waals surface area contributed by atoms with E-state index < -0.39 is 0 Å². The first-order valence-electron chi connectivity index (χ1n) is 8.64. The first kappa shape index (κ1) is 14.7. The topological polar surface area (TPSA) is 39.2 Å². The number of aromatic nitrogens is 1. The van der Waals surface area contributed by atoms with Crippen LogP contribution in [0.1, 0.15) is 61.0 Å². The predicted octanol–water partition coefficient (Wildman–Crippen LogP) is 4.02. The summed E-state index contributed by atoms with van der Waals surface area (Å²) in [5, 5.41) is 1.39. The highest BCUT2D eigenvalue weighted by atomic mass is 32.1. The van der Waals surface area contributed by atoms with E-state index in [2.05, 4.69) is 6.92 Å². The number of nitrogens with zero attached hydrogens (tertiary/aromatic N) is 1. The van der Waals surface area contributed by atoms with Gasteiger partial charge in [0, 0.05) is 23.6 Å². The van der Waals surface area contributed by atoms with Crippen molar-refractivity contribution in [2.24, 2.45) is 17.8 Å². The number of hydrogen-bond donors (Lipinski definition) is 0. The standard InChI is InChI=1S/C18H25NO2S/c1-11-16(3-4-21-12(2)20)22-17(19-11)18-8-13-5-14(9-18)7-15(6-13)10-18/h13-15H,3-10H2,1-2H3. The summed E-state index contributed by atoms with van der Waals surface area (Å²) < 4.78 is 5.10. The SMILES string of the molecule is CC(=O)OCCc1sc(C23CC4CC(CC(C4)C2)C3)nc1C. The van der Waals surface area contributed by atoms with E-state index >= 15 is 0 Å². The van der Waals surface area contributed by atoms with Crippen LogP contribution in [-0.4, -0.2) is 17.6 Å². The second kappa shape index (κ2) is 5.33. The van der Waals surface area contributed by atoms with Crippen LogP contribution in [0.15, 0.2) is 0 Å². The number of hydrogen-bond acceptors (Lipinski definition) is 4. The van der Waals surface area contributed by atoms with Gasteiger partial charge in [0.2, 0.25) is 0 Å². The number of rotatable bonds is 4. The monoisotopic (exact) mass is 319 g/mol. The van der Waals surface area contributed by atoms with E-state index in [1.54, 1.807) is 0 Å². The van der Waals surface area contributed by atoms with Crippen LogP contribution in [-0.2, 0) is 21.4 Å². The van der Waals surface area contributed by atoms with Crippen LogP contribution in [0.5, 0.6) is 0 Å². The number of thiazole rings is 1. The van der Waals surface area contributed by atoms with E-state index in [0.717, 1.165) is 29.9 Å². The maximum absolute atomic E-state index is 10.9. The van der Waals surface area contributed by atoms with Crippen LogP contribution < -0.4 is 0 Å². The molecule has 0 N–H and O–H groups in total. The van der Waals surface area contributed by atoms with Gasteiger partial charge in [0.1, 0.15) is 0 Å². The fraction of sp³-hybridized carbons (Fsp3) is 0.778. The fourth-order valence-electron chi connectivity index (χ4n) is 5.55. The molecule has 0 spiro atoms. The second-order valence-corrected chi connectivity index (χ2v) is 8.90. The largest absolute Gasteiger partial charge is 0.465 e. The van der Waals surface area contributed by atoms with E-state index in [0.29, 0.717) is 12.0 Å². The van der Waals surface area contributed by atoms with E-state index in [-0.39, 0.29) is 5.97 Å². The Labute approximate surface area is 136 Å². The summed E-state index contributed by atoms with van der Waals surface area (Å²) in [7, 11) is 0. The lowest BCUT2D eigenvalue weighted by Gasteiger charge is -2.56. The van der Waals surface area contributed by atoms with Gasteiger partial charge in [0.15, 0.2) is 0 Å². The zero-order valence-electron chi connectivity index (χ0n) is 13.6. The average Bonchev–Trinajstić information content (AvgIpc) is 2.79. The number of esters is 1. The summed E-state index contributed by atoms with van der Waals surface area (Å²) in [6.45, 7) is 4.07. The Morgan fingerprint density at radius 1 is 1.23 bits per heavy atom. The first-order valence-corrected chi connectivity index (χ1v) is 9.46. The van der Waals surface area contributed by atoms with E-state index in [1.807, 2.05) is 11.3 Å². The molecule has 4 fully saturated rings. The predicted molar refractivity (Wildman–Crippen MR) is 87.0 cm³/mol. The number of aryl methyl sites for hydroxylation is 1. The molecule has 4 aliphatic rings. The van der Waals surface area contributed by atoms with Gasteiger partial charge in [-0.05, 0) is 63.2 Å². The van der Waals surface area contributed by atoms with Crippen molar-refractivity contribution in [3.8, 4) is 0 Å². The molecule has 3 nitrogen and oxygen atoms in total. The third-order valence-electron chi connectivity index (χ3n) is 6.02. The van der Waals surface area contributed by atoms with Gasteiger partial charge in [0.25, 0.3) is 0 Å². The maximum Gasteiger partial charge on any atom is 0.302 e. The maximum atomic E-state index is 10.9. The van der Waals surface area contributed by atoms with E-state index in [9.17, 15) is 4.79 Å². The molecule has 0 aromatic carbocycles. The van der Waals surface area contributed by atoms with Gasteiger partial charge in [0.05, 0.1) is 17.3 Å². The van der Waals surface area contributed by atoms with Crippen molar-refractivity contribution in [2.45, 2.75) is 64.2 Å². The van der Waals surface area contributed by atoms with Crippen LogP contribution in [0.3, 0.4) is 0 Å². The highest BCUT2D eigenvalue weighted by Crippen LogP contribution is 2.61. The van der Waals surface area contributed by atoms with Crippen molar-refractivity contribution in [3.63, 3.8) is 0 Å². The van der Waals surface area contributed by atoms with E-state index in [1.165, 1.54) is 55.3 Å². The zero-order valence-corrected chi connectivity index (χ0v) is 14.4. The molecule has 4 heteroatoms. The Morgan fingerprint density at radius 3 is 2.36 bits per heavy atom. The molecule has 4 bridgehead atoms. The van der Waals surface area contributed by atoms with Gasteiger partial charge < -0.3 is 4.74 Å². The van der Waals surface area contributed by atoms with Crippen LogP contribution in [0.4, 0.5) is 0 Å². The Kier molecular flexibility index (Phi) is 3.55. The minimum absolute atomic E-state index is 0.191. The minimum atomic E-state index is -0.191. The molecule has 0 saturated heterocycles.